The van der Waals surface area contributed by atoms with Gasteiger partial charge in [-0.2, -0.15) is 0 Å². The molecule has 4 aliphatic rings. The molecular formula is C43H62N2. The Morgan fingerprint density at radius 3 is 2.13 bits per heavy atom. The van der Waals surface area contributed by atoms with Crippen LogP contribution in [-0.2, 0) is 6.42 Å². The lowest BCUT2D eigenvalue weighted by molar-refractivity contribution is 0.303. The fraction of sp³-hybridized carbons (Fsp3) is 0.628. The first-order valence-electron chi connectivity index (χ1n) is 19.3. The van der Waals surface area contributed by atoms with Crippen molar-refractivity contribution in [2.45, 2.75) is 128 Å². The maximum Gasteiger partial charge on any atom is 0.00772 e. The molecule has 1 aliphatic heterocycles. The highest BCUT2D eigenvalue weighted by molar-refractivity contribution is 6.10. The lowest BCUT2D eigenvalue weighted by Gasteiger charge is -2.32. The van der Waals surface area contributed by atoms with Crippen molar-refractivity contribution in [2.24, 2.45) is 17.8 Å². The molecule has 45 heavy (non-hydrogen) atoms. The van der Waals surface area contributed by atoms with E-state index < -0.39 is 0 Å². The van der Waals surface area contributed by atoms with E-state index in [0.717, 1.165) is 49.9 Å². The molecule has 0 radical (unpaired) electrons. The number of unbranched alkanes of at least 4 members (excludes halogenated alkanes) is 2. The van der Waals surface area contributed by atoms with Crippen LogP contribution in [0.25, 0.3) is 21.5 Å². The SMILES string of the molecule is C1CNCCN1.CCCCCC1CCC(c2cc3ccccc3c3ccc4c(c23)CCCC4C=CC2CCC(CC)CC2)CC1. The van der Waals surface area contributed by atoms with Crippen LogP contribution < -0.4 is 10.6 Å². The Bertz CT molecular complexity index is 1360. The maximum atomic E-state index is 3.22. The number of hydrogen-bond donors (Lipinski definition) is 2. The first-order valence-corrected chi connectivity index (χ1v) is 19.3. The van der Waals surface area contributed by atoms with Crippen molar-refractivity contribution in [1.82, 2.24) is 10.6 Å². The van der Waals surface area contributed by atoms with Crippen LogP contribution in [0.1, 0.15) is 139 Å². The minimum atomic E-state index is 0.607. The van der Waals surface area contributed by atoms with Gasteiger partial charge in [0, 0.05) is 32.1 Å². The minimum absolute atomic E-state index is 0.607. The molecule has 1 saturated heterocycles. The molecule has 0 spiro atoms. The Morgan fingerprint density at radius 1 is 0.689 bits per heavy atom. The summed E-state index contributed by atoms with van der Waals surface area (Å²) in [6, 6.07) is 16.8. The van der Waals surface area contributed by atoms with E-state index in [4.69, 9.17) is 0 Å². The molecule has 1 atom stereocenters. The van der Waals surface area contributed by atoms with Crippen molar-refractivity contribution < 1.29 is 0 Å². The van der Waals surface area contributed by atoms with Crippen molar-refractivity contribution >= 4 is 21.5 Å². The normalized spacial score (nSPS) is 27.3. The molecule has 7 rings (SSSR count). The summed E-state index contributed by atoms with van der Waals surface area (Å²) in [6.07, 6.45) is 27.6. The second-order valence-corrected chi connectivity index (χ2v) is 15.0. The van der Waals surface area contributed by atoms with Gasteiger partial charge in [0.05, 0.1) is 0 Å². The number of aryl methyl sites for hydroxylation is 1. The minimum Gasteiger partial charge on any atom is -0.314 e. The molecule has 3 fully saturated rings. The average molecular weight is 607 g/mol. The zero-order valence-electron chi connectivity index (χ0n) is 28.7. The van der Waals surface area contributed by atoms with E-state index in [-0.39, 0.29) is 0 Å². The Balaban J connectivity index is 0.000000535. The third kappa shape index (κ3) is 8.23. The van der Waals surface area contributed by atoms with Crippen molar-refractivity contribution in [3.63, 3.8) is 0 Å². The fourth-order valence-electron chi connectivity index (χ4n) is 9.25. The molecule has 1 heterocycles. The third-order valence-corrected chi connectivity index (χ3v) is 12.1. The van der Waals surface area contributed by atoms with Gasteiger partial charge in [-0.25, -0.2) is 0 Å². The van der Waals surface area contributed by atoms with E-state index in [2.05, 4.69) is 79.1 Å². The average Bonchev–Trinajstić information content (AvgIpc) is 3.11. The van der Waals surface area contributed by atoms with Crippen molar-refractivity contribution in [3.05, 3.63) is 71.3 Å². The number of allylic oxidation sites excluding steroid dienone is 2. The van der Waals surface area contributed by atoms with E-state index in [0.29, 0.717) is 5.92 Å². The van der Waals surface area contributed by atoms with Gasteiger partial charge in [-0.05, 0) is 133 Å². The fourth-order valence-corrected chi connectivity index (χ4v) is 9.25. The van der Waals surface area contributed by atoms with Crippen LogP contribution in [0.4, 0.5) is 0 Å². The zero-order chi connectivity index (χ0) is 30.8. The molecule has 0 bridgehead atoms. The number of nitrogens with one attached hydrogen (secondary N) is 2. The molecule has 2 nitrogen and oxygen atoms in total. The lowest BCUT2D eigenvalue weighted by Crippen LogP contribution is -2.39. The number of piperazine rings is 1. The van der Waals surface area contributed by atoms with Gasteiger partial charge in [-0.1, -0.05) is 101 Å². The Kier molecular flexibility index (Phi) is 12.1. The third-order valence-electron chi connectivity index (χ3n) is 12.1. The van der Waals surface area contributed by atoms with Crippen LogP contribution >= 0.6 is 0 Å². The summed E-state index contributed by atoms with van der Waals surface area (Å²) < 4.78 is 0. The first kappa shape index (κ1) is 32.8. The Labute approximate surface area is 275 Å². The van der Waals surface area contributed by atoms with E-state index >= 15 is 0 Å². The molecule has 1 unspecified atom stereocenters. The Hall–Kier alpha value is -2.16. The molecule has 3 aromatic rings. The van der Waals surface area contributed by atoms with Gasteiger partial charge < -0.3 is 10.6 Å². The van der Waals surface area contributed by atoms with Crippen LogP contribution in [0.15, 0.2) is 54.6 Å². The monoisotopic (exact) mass is 606 g/mol. The summed E-state index contributed by atoms with van der Waals surface area (Å²) >= 11 is 0. The first-order chi connectivity index (χ1) is 22.2. The number of fused-ring (bicyclic) bond motifs is 5. The predicted molar refractivity (Wildman–Crippen MR) is 197 cm³/mol. The smallest absolute Gasteiger partial charge is 0.00772 e. The van der Waals surface area contributed by atoms with E-state index in [1.165, 1.54) is 119 Å². The van der Waals surface area contributed by atoms with Crippen molar-refractivity contribution in [1.29, 1.82) is 0 Å². The van der Waals surface area contributed by atoms with Crippen LogP contribution in [0.5, 0.6) is 0 Å². The summed E-state index contributed by atoms with van der Waals surface area (Å²) in [5.41, 5.74) is 5.04. The quantitative estimate of drug-likeness (QED) is 0.151. The number of rotatable bonds is 8. The number of benzene rings is 3. The zero-order valence-corrected chi connectivity index (χ0v) is 28.7. The van der Waals surface area contributed by atoms with Gasteiger partial charge in [-0.3, -0.25) is 0 Å². The summed E-state index contributed by atoms with van der Waals surface area (Å²) in [6.45, 7) is 9.27. The van der Waals surface area contributed by atoms with E-state index in [9.17, 15) is 0 Å². The summed E-state index contributed by atoms with van der Waals surface area (Å²) in [7, 11) is 0. The van der Waals surface area contributed by atoms with Crippen LogP contribution in [0.3, 0.4) is 0 Å². The molecule has 3 aromatic carbocycles. The van der Waals surface area contributed by atoms with Crippen LogP contribution in [0, 0.1) is 17.8 Å². The number of hydrogen-bond acceptors (Lipinski definition) is 2. The molecule has 3 aliphatic carbocycles. The lowest BCUT2D eigenvalue weighted by atomic mass is 9.73. The molecule has 2 N–H and O–H groups in total. The largest absolute Gasteiger partial charge is 0.314 e. The molecule has 0 aromatic heterocycles. The molecule has 2 saturated carbocycles. The highest BCUT2D eigenvalue weighted by atomic mass is 15.0. The maximum absolute atomic E-state index is 3.22. The van der Waals surface area contributed by atoms with Gasteiger partial charge in [-0.15, -0.1) is 0 Å². The van der Waals surface area contributed by atoms with Gasteiger partial charge in [0.15, 0.2) is 0 Å². The van der Waals surface area contributed by atoms with Crippen molar-refractivity contribution in [2.75, 3.05) is 26.2 Å². The summed E-state index contributed by atoms with van der Waals surface area (Å²) in [5.74, 6) is 4.10. The highest BCUT2D eigenvalue weighted by Gasteiger charge is 2.28. The van der Waals surface area contributed by atoms with E-state index in [1.54, 1.807) is 22.1 Å². The second kappa shape index (κ2) is 16.6. The summed E-state index contributed by atoms with van der Waals surface area (Å²) in [4.78, 5) is 0. The van der Waals surface area contributed by atoms with E-state index in [1.807, 2.05) is 0 Å². The predicted octanol–water partition coefficient (Wildman–Crippen LogP) is 11.2. The highest BCUT2D eigenvalue weighted by Crippen LogP contribution is 2.46. The van der Waals surface area contributed by atoms with Gasteiger partial charge >= 0.3 is 0 Å². The molecule has 244 valence electrons. The van der Waals surface area contributed by atoms with Gasteiger partial charge in [0.1, 0.15) is 0 Å². The molecule has 0 amide bonds. The molecular weight excluding hydrogens is 544 g/mol. The summed E-state index contributed by atoms with van der Waals surface area (Å²) in [5, 5.41) is 12.5. The molecule has 2 heteroatoms. The van der Waals surface area contributed by atoms with Crippen LogP contribution in [0.2, 0.25) is 0 Å². The standard InChI is InChI=1S/C39H52.C4H10N2/c1-3-5-6-10-29-19-23-32(24-20-29)38-27-33-11-7-8-13-34(33)37-26-25-35-31(12-9-14-36(35)39(37)38)22-21-30-17-15-28(4-2)16-18-30;1-2-6-4-3-5-1/h7-8,11,13,21-22,25-32H,3-6,9-10,12,14-20,23-24H2,1-2H3;5-6H,1-4H2. The van der Waals surface area contributed by atoms with Crippen molar-refractivity contribution in [3.8, 4) is 0 Å². The Morgan fingerprint density at radius 2 is 1.42 bits per heavy atom. The topological polar surface area (TPSA) is 24.1 Å². The van der Waals surface area contributed by atoms with Gasteiger partial charge in [0.2, 0.25) is 0 Å². The van der Waals surface area contributed by atoms with Crippen LogP contribution in [-0.4, -0.2) is 26.2 Å². The van der Waals surface area contributed by atoms with Gasteiger partial charge in [0.25, 0.3) is 0 Å². The second-order valence-electron chi connectivity index (χ2n) is 15.0.